The summed E-state index contributed by atoms with van der Waals surface area (Å²) in [5, 5.41) is 0. The zero-order valence-corrected chi connectivity index (χ0v) is 9.41. The van der Waals surface area contributed by atoms with Crippen LogP contribution < -0.4 is 0 Å². The van der Waals surface area contributed by atoms with E-state index in [2.05, 4.69) is 0 Å². The van der Waals surface area contributed by atoms with E-state index < -0.39 is 0 Å². The third-order valence-corrected chi connectivity index (χ3v) is 3.08. The Morgan fingerprint density at radius 2 is 1.94 bits per heavy atom. The average Bonchev–Trinajstić information content (AvgIpc) is 2.39. The van der Waals surface area contributed by atoms with Crippen LogP contribution >= 0.6 is 0 Å². The van der Waals surface area contributed by atoms with Crippen molar-refractivity contribution in [2.45, 2.75) is 25.7 Å². The van der Waals surface area contributed by atoms with Gasteiger partial charge < -0.3 is 9.64 Å². The molecule has 1 saturated heterocycles. The minimum atomic E-state index is -0.351. The predicted molar refractivity (Wildman–Crippen MR) is 59.0 cm³/mol. The fraction of sp³-hybridized carbons (Fsp3) is 0.667. The molecule has 0 spiro atoms. The Morgan fingerprint density at radius 1 is 1.19 bits per heavy atom. The van der Waals surface area contributed by atoms with E-state index in [4.69, 9.17) is 4.74 Å². The number of ether oxygens (including phenoxy) is 1. The molecule has 0 aromatic heterocycles. The van der Waals surface area contributed by atoms with Crippen LogP contribution in [0.25, 0.3) is 0 Å². The maximum atomic E-state index is 11.9. The first-order valence-corrected chi connectivity index (χ1v) is 5.89. The van der Waals surface area contributed by atoms with Crippen molar-refractivity contribution < 1.29 is 14.3 Å². The van der Waals surface area contributed by atoms with Gasteiger partial charge in [-0.3, -0.25) is 9.59 Å². The highest BCUT2D eigenvalue weighted by molar-refractivity contribution is 6.42. The average molecular weight is 223 g/mol. The van der Waals surface area contributed by atoms with Crippen molar-refractivity contribution >= 4 is 11.7 Å². The Hall–Kier alpha value is -1.16. The highest BCUT2D eigenvalue weighted by atomic mass is 16.5. The summed E-state index contributed by atoms with van der Waals surface area (Å²) in [5.41, 5.74) is 0.711. The van der Waals surface area contributed by atoms with Crippen LogP contribution in [0.1, 0.15) is 25.7 Å². The molecular weight excluding hydrogens is 206 g/mol. The van der Waals surface area contributed by atoms with Crippen molar-refractivity contribution in [2.75, 3.05) is 26.3 Å². The minimum Gasteiger partial charge on any atom is -0.378 e. The summed E-state index contributed by atoms with van der Waals surface area (Å²) in [7, 11) is 0. The number of ketones is 1. The molecule has 0 aromatic carbocycles. The van der Waals surface area contributed by atoms with Gasteiger partial charge in [0.1, 0.15) is 0 Å². The SMILES string of the molecule is O=C(C(=O)N1CCOCC1)C1=CCCCC1. The number of carbonyl (C=O) groups is 2. The highest BCUT2D eigenvalue weighted by Gasteiger charge is 2.26. The second-order valence-corrected chi connectivity index (χ2v) is 4.21. The van der Waals surface area contributed by atoms with Crippen LogP contribution in [0.15, 0.2) is 11.6 Å². The van der Waals surface area contributed by atoms with Crippen molar-refractivity contribution in [3.63, 3.8) is 0 Å². The van der Waals surface area contributed by atoms with E-state index >= 15 is 0 Å². The minimum absolute atomic E-state index is 0.304. The van der Waals surface area contributed by atoms with Crippen molar-refractivity contribution in [2.24, 2.45) is 0 Å². The lowest BCUT2D eigenvalue weighted by Crippen LogP contribution is -2.44. The van der Waals surface area contributed by atoms with Gasteiger partial charge in [-0.2, -0.15) is 0 Å². The zero-order chi connectivity index (χ0) is 11.4. The lowest BCUT2D eigenvalue weighted by atomic mass is 9.96. The molecule has 2 rings (SSSR count). The molecule has 1 aliphatic carbocycles. The molecule has 0 N–H and O–H groups in total. The third-order valence-electron chi connectivity index (χ3n) is 3.08. The second kappa shape index (κ2) is 5.25. The molecule has 16 heavy (non-hydrogen) atoms. The lowest BCUT2D eigenvalue weighted by molar-refractivity contribution is -0.145. The van der Waals surface area contributed by atoms with E-state index in [1.165, 1.54) is 0 Å². The molecule has 4 nitrogen and oxygen atoms in total. The van der Waals surface area contributed by atoms with Crippen LogP contribution in [0.2, 0.25) is 0 Å². The van der Waals surface area contributed by atoms with E-state index in [1.807, 2.05) is 6.08 Å². The standard InChI is InChI=1S/C12H17NO3/c14-11(10-4-2-1-3-5-10)12(15)13-6-8-16-9-7-13/h4H,1-3,5-9H2. The Labute approximate surface area is 95.2 Å². The molecule has 0 aromatic rings. The van der Waals surface area contributed by atoms with Crippen molar-refractivity contribution in [3.05, 3.63) is 11.6 Å². The number of hydrogen-bond acceptors (Lipinski definition) is 3. The van der Waals surface area contributed by atoms with E-state index in [1.54, 1.807) is 4.90 Å². The summed E-state index contributed by atoms with van der Waals surface area (Å²) in [5.74, 6) is -0.655. The first-order chi connectivity index (χ1) is 7.79. The number of hydrogen-bond donors (Lipinski definition) is 0. The van der Waals surface area contributed by atoms with Crippen LogP contribution in [-0.4, -0.2) is 42.9 Å². The molecule has 0 saturated carbocycles. The van der Waals surface area contributed by atoms with Crippen LogP contribution in [-0.2, 0) is 14.3 Å². The maximum Gasteiger partial charge on any atom is 0.294 e. The van der Waals surface area contributed by atoms with Gasteiger partial charge in [-0.1, -0.05) is 6.08 Å². The van der Waals surface area contributed by atoms with Gasteiger partial charge in [-0.15, -0.1) is 0 Å². The number of nitrogens with zero attached hydrogens (tertiary/aromatic N) is 1. The molecule has 1 fully saturated rings. The highest BCUT2D eigenvalue weighted by Crippen LogP contribution is 2.18. The molecule has 1 amide bonds. The van der Waals surface area contributed by atoms with Gasteiger partial charge in [0.25, 0.3) is 5.91 Å². The molecule has 0 bridgehead atoms. The van der Waals surface area contributed by atoms with Gasteiger partial charge in [0.2, 0.25) is 5.78 Å². The number of Topliss-reactive ketones (excluding diaryl/α,β-unsaturated/α-hetero) is 1. The summed E-state index contributed by atoms with van der Waals surface area (Å²) in [6.45, 7) is 2.16. The second-order valence-electron chi connectivity index (χ2n) is 4.21. The molecule has 1 aliphatic heterocycles. The molecule has 0 radical (unpaired) electrons. The summed E-state index contributed by atoms with van der Waals surface area (Å²) in [6, 6.07) is 0. The van der Waals surface area contributed by atoms with Crippen LogP contribution in [0.3, 0.4) is 0 Å². The molecule has 88 valence electrons. The number of carbonyl (C=O) groups excluding carboxylic acids is 2. The van der Waals surface area contributed by atoms with Crippen LogP contribution in [0, 0.1) is 0 Å². The number of allylic oxidation sites excluding steroid dienone is 1. The fourth-order valence-corrected chi connectivity index (χ4v) is 2.09. The van der Waals surface area contributed by atoms with Gasteiger partial charge in [0.15, 0.2) is 0 Å². The fourth-order valence-electron chi connectivity index (χ4n) is 2.09. The molecule has 0 unspecified atom stereocenters. The number of rotatable bonds is 2. The quantitative estimate of drug-likeness (QED) is 0.654. The topological polar surface area (TPSA) is 46.6 Å². The van der Waals surface area contributed by atoms with E-state index in [0.717, 1.165) is 25.7 Å². The zero-order valence-electron chi connectivity index (χ0n) is 9.41. The van der Waals surface area contributed by atoms with Crippen molar-refractivity contribution in [1.82, 2.24) is 4.90 Å². The monoisotopic (exact) mass is 223 g/mol. The van der Waals surface area contributed by atoms with Gasteiger partial charge in [0, 0.05) is 18.7 Å². The largest absolute Gasteiger partial charge is 0.378 e. The van der Waals surface area contributed by atoms with Crippen molar-refractivity contribution in [1.29, 1.82) is 0 Å². The smallest absolute Gasteiger partial charge is 0.294 e. The van der Waals surface area contributed by atoms with Gasteiger partial charge in [-0.25, -0.2) is 0 Å². The number of amides is 1. The van der Waals surface area contributed by atoms with Gasteiger partial charge >= 0.3 is 0 Å². The first kappa shape index (κ1) is 11.3. The van der Waals surface area contributed by atoms with E-state index in [9.17, 15) is 9.59 Å². The Kier molecular flexibility index (Phi) is 3.72. The Bertz CT molecular complexity index is 316. The normalized spacial score (nSPS) is 21.5. The van der Waals surface area contributed by atoms with Crippen LogP contribution in [0.5, 0.6) is 0 Å². The molecule has 1 heterocycles. The lowest BCUT2D eigenvalue weighted by Gasteiger charge is -2.26. The molecular formula is C12H17NO3. The van der Waals surface area contributed by atoms with Gasteiger partial charge in [-0.05, 0) is 25.7 Å². The summed E-state index contributed by atoms with van der Waals surface area (Å²) >= 11 is 0. The Balaban J connectivity index is 1.97. The predicted octanol–water partition coefficient (Wildman–Crippen LogP) is 0.915. The summed E-state index contributed by atoms with van der Waals surface area (Å²) in [6.07, 6.45) is 5.76. The summed E-state index contributed by atoms with van der Waals surface area (Å²) < 4.78 is 5.16. The van der Waals surface area contributed by atoms with Gasteiger partial charge in [0.05, 0.1) is 13.2 Å². The van der Waals surface area contributed by atoms with Crippen molar-refractivity contribution in [3.8, 4) is 0 Å². The molecule has 2 aliphatic rings. The molecule has 0 atom stereocenters. The maximum absolute atomic E-state index is 11.9. The summed E-state index contributed by atoms with van der Waals surface area (Å²) in [4.78, 5) is 25.4. The molecule has 4 heteroatoms. The first-order valence-electron chi connectivity index (χ1n) is 5.89. The third kappa shape index (κ3) is 2.50. The Morgan fingerprint density at radius 3 is 2.56 bits per heavy atom. The van der Waals surface area contributed by atoms with Crippen LogP contribution in [0.4, 0.5) is 0 Å². The number of morpholine rings is 1. The van der Waals surface area contributed by atoms with E-state index in [-0.39, 0.29) is 11.7 Å². The van der Waals surface area contributed by atoms with E-state index in [0.29, 0.717) is 31.9 Å².